The summed E-state index contributed by atoms with van der Waals surface area (Å²) in [5, 5.41) is 0. The summed E-state index contributed by atoms with van der Waals surface area (Å²) in [5.41, 5.74) is 0. The van der Waals surface area contributed by atoms with Gasteiger partial charge in [-0.2, -0.15) is 0 Å². The molecule has 12 heavy (non-hydrogen) atoms. The van der Waals surface area contributed by atoms with Crippen molar-refractivity contribution in [2.45, 2.75) is 39.9 Å². The van der Waals surface area contributed by atoms with Crippen LogP contribution in [0.4, 0.5) is 0 Å². The minimum atomic E-state index is -0.246. The zero-order valence-electron chi connectivity index (χ0n) is 8.08. The van der Waals surface area contributed by atoms with Gasteiger partial charge in [-0.3, -0.25) is 0 Å². The van der Waals surface area contributed by atoms with Crippen molar-refractivity contribution in [2.24, 2.45) is 0 Å². The average molecular weight is 235 g/mol. The van der Waals surface area contributed by atoms with Crippen molar-refractivity contribution < 1.29 is 9.31 Å². The Balaban J connectivity index is 3.86. The average Bonchev–Trinajstić information content (AvgIpc) is 1.84. The van der Waals surface area contributed by atoms with Crippen LogP contribution in [0.25, 0.3) is 0 Å². The Bertz CT molecular complexity index is 127. The van der Waals surface area contributed by atoms with Gasteiger partial charge in [0.2, 0.25) is 0 Å². The van der Waals surface area contributed by atoms with Gasteiger partial charge in [0.25, 0.3) is 0 Å². The van der Waals surface area contributed by atoms with E-state index in [2.05, 4.69) is 15.9 Å². The maximum Gasteiger partial charge on any atom is 0.487 e. The van der Waals surface area contributed by atoms with E-state index in [1.54, 1.807) is 4.99 Å². The fraction of sp³-hybridized carbons (Fsp3) is 0.750. The molecule has 0 rings (SSSR count). The van der Waals surface area contributed by atoms with E-state index in [0.717, 1.165) is 0 Å². The van der Waals surface area contributed by atoms with Gasteiger partial charge in [-0.05, 0) is 38.7 Å². The lowest BCUT2D eigenvalue weighted by molar-refractivity contribution is 0.138. The highest BCUT2D eigenvalue weighted by Gasteiger charge is 2.16. The lowest BCUT2D eigenvalue weighted by atomic mass is 9.90. The van der Waals surface area contributed by atoms with Gasteiger partial charge in [0, 0.05) is 12.2 Å². The van der Waals surface area contributed by atoms with Crippen molar-refractivity contribution in [1.82, 2.24) is 0 Å². The Hall–Kier alpha value is 0.205. The van der Waals surface area contributed by atoms with E-state index in [1.165, 1.54) is 0 Å². The lowest BCUT2D eigenvalue weighted by Crippen LogP contribution is -2.27. The van der Waals surface area contributed by atoms with Crippen LogP contribution in [0.1, 0.15) is 27.7 Å². The van der Waals surface area contributed by atoms with Crippen molar-refractivity contribution in [1.29, 1.82) is 0 Å². The SMILES string of the molecule is CC(C)OB(/C=C/Br)OC(C)C. The van der Waals surface area contributed by atoms with Crippen molar-refractivity contribution in [3.8, 4) is 0 Å². The van der Waals surface area contributed by atoms with Crippen LogP contribution in [0.15, 0.2) is 11.0 Å². The summed E-state index contributed by atoms with van der Waals surface area (Å²) in [5.74, 6) is 1.83. The molecule has 0 radical (unpaired) electrons. The zero-order chi connectivity index (χ0) is 9.56. The molecule has 0 aromatic carbocycles. The van der Waals surface area contributed by atoms with E-state index in [9.17, 15) is 0 Å². The molecule has 70 valence electrons. The molecule has 0 fully saturated rings. The molecule has 0 unspecified atom stereocenters. The topological polar surface area (TPSA) is 18.5 Å². The summed E-state index contributed by atoms with van der Waals surface area (Å²) >= 11 is 3.19. The lowest BCUT2D eigenvalue weighted by Gasteiger charge is -2.16. The molecule has 0 bridgehead atoms. The second-order valence-electron chi connectivity index (χ2n) is 3.06. The van der Waals surface area contributed by atoms with Crippen LogP contribution in [-0.2, 0) is 9.31 Å². The molecule has 2 nitrogen and oxygen atoms in total. The summed E-state index contributed by atoms with van der Waals surface area (Å²) in [6.45, 7) is 7.94. The largest absolute Gasteiger partial charge is 0.487 e. The van der Waals surface area contributed by atoms with E-state index in [-0.39, 0.29) is 19.3 Å². The van der Waals surface area contributed by atoms with Crippen LogP contribution >= 0.6 is 15.9 Å². The molecule has 0 N–H and O–H groups in total. The Morgan fingerprint density at radius 1 is 1.08 bits per heavy atom. The monoisotopic (exact) mass is 234 g/mol. The summed E-state index contributed by atoms with van der Waals surface area (Å²) in [7, 11) is -0.246. The van der Waals surface area contributed by atoms with Crippen molar-refractivity contribution in [3.63, 3.8) is 0 Å². The van der Waals surface area contributed by atoms with Crippen LogP contribution in [0.3, 0.4) is 0 Å². The number of hydrogen-bond donors (Lipinski definition) is 0. The molecule has 0 aromatic rings. The molecule has 0 aromatic heterocycles. The zero-order valence-corrected chi connectivity index (χ0v) is 9.67. The molecule has 0 amide bonds. The molecule has 0 aliphatic heterocycles. The molecule has 0 saturated heterocycles. The van der Waals surface area contributed by atoms with Crippen molar-refractivity contribution in [2.75, 3.05) is 0 Å². The van der Waals surface area contributed by atoms with Crippen LogP contribution in [-0.4, -0.2) is 19.3 Å². The van der Waals surface area contributed by atoms with Crippen molar-refractivity contribution in [3.05, 3.63) is 11.0 Å². The summed E-state index contributed by atoms with van der Waals surface area (Å²) in [4.78, 5) is 1.75. The van der Waals surface area contributed by atoms with Gasteiger partial charge in [-0.1, -0.05) is 15.9 Å². The first kappa shape index (κ1) is 12.2. The van der Waals surface area contributed by atoms with Crippen LogP contribution in [0.2, 0.25) is 0 Å². The first-order chi connectivity index (χ1) is 5.56. The third-order valence-electron chi connectivity index (χ3n) is 1.04. The Morgan fingerprint density at radius 3 is 1.75 bits per heavy atom. The third-order valence-corrected chi connectivity index (χ3v) is 1.35. The maximum atomic E-state index is 5.46. The number of halogens is 1. The molecule has 0 heterocycles. The maximum absolute atomic E-state index is 5.46. The highest BCUT2D eigenvalue weighted by Crippen LogP contribution is 2.02. The minimum Gasteiger partial charge on any atom is -0.405 e. The molecule has 0 aliphatic carbocycles. The number of rotatable bonds is 5. The smallest absolute Gasteiger partial charge is 0.405 e. The highest BCUT2D eigenvalue weighted by molar-refractivity contribution is 9.11. The van der Waals surface area contributed by atoms with E-state index in [0.29, 0.717) is 0 Å². The molecule has 0 aliphatic rings. The Labute approximate surface area is 83.6 Å². The van der Waals surface area contributed by atoms with Gasteiger partial charge in [0.1, 0.15) is 0 Å². The van der Waals surface area contributed by atoms with Gasteiger partial charge >= 0.3 is 7.12 Å². The molecule has 0 spiro atoms. The fourth-order valence-electron chi connectivity index (χ4n) is 0.719. The molecular weight excluding hydrogens is 219 g/mol. The van der Waals surface area contributed by atoms with Gasteiger partial charge in [0.05, 0.1) is 0 Å². The second-order valence-corrected chi connectivity index (χ2v) is 3.59. The summed E-state index contributed by atoms with van der Waals surface area (Å²) < 4.78 is 10.9. The van der Waals surface area contributed by atoms with E-state index in [4.69, 9.17) is 9.31 Å². The normalized spacial score (nSPS) is 11.9. The van der Waals surface area contributed by atoms with E-state index in [1.807, 2.05) is 33.7 Å². The Morgan fingerprint density at radius 2 is 1.50 bits per heavy atom. The van der Waals surface area contributed by atoms with Crippen LogP contribution in [0.5, 0.6) is 0 Å². The van der Waals surface area contributed by atoms with Gasteiger partial charge in [0.15, 0.2) is 0 Å². The minimum absolute atomic E-state index is 0.178. The number of hydrogen-bond acceptors (Lipinski definition) is 2. The Kier molecular flexibility index (Phi) is 6.81. The quantitative estimate of drug-likeness (QED) is 0.682. The summed E-state index contributed by atoms with van der Waals surface area (Å²) in [6, 6.07) is 0. The second kappa shape index (κ2) is 6.69. The van der Waals surface area contributed by atoms with Crippen LogP contribution in [0, 0.1) is 0 Å². The predicted octanol–water partition coefficient (Wildman–Crippen LogP) is 2.77. The van der Waals surface area contributed by atoms with Gasteiger partial charge in [-0.15, -0.1) is 0 Å². The molecule has 4 heteroatoms. The van der Waals surface area contributed by atoms with E-state index >= 15 is 0 Å². The predicted molar refractivity (Wildman–Crippen MR) is 56.3 cm³/mol. The first-order valence-electron chi connectivity index (χ1n) is 4.14. The fourth-order valence-corrected chi connectivity index (χ4v) is 0.968. The van der Waals surface area contributed by atoms with Gasteiger partial charge < -0.3 is 9.31 Å². The first-order valence-corrected chi connectivity index (χ1v) is 5.05. The summed E-state index contributed by atoms with van der Waals surface area (Å²) in [6.07, 6.45) is 0.356. The van der Waals surface area contributed by atoms with E-state index < -0.39 is 0 Å². The van der Waals surface area contributed by atoms with Crippen LogP contribution < -0.4 is 0 Å². The van der Waals surface area contributed by atoms with Crippen molar-refractivity contribution >= 4 is 23.0 Å². The third kappa shape index (κ3) is 6.89. The molecule has 0 saturated carbocycles. The molecular formula is C8H16BBrO2. The molecule has 0 atom stereocenters. The highest BCUT2D eigenvalue weighted by atomic mass is 79.9. The van der Waals surface area contributed by atoms with Gasteiger partial charge in [-0.25, -0.2) is 0 Å². The standard InChI is InChI=1S/C8H16BBrO2/c1-7(2)11-9(5-6-10)12-8(3)4/h5-8H,1-4H3/b6-5+.